The largest absolute Gasteiger partial charge is 0.480 e. The van der Waals surface area contributed by atoms with Crippen LogP contribution in [0.1, 0.15) is 18.1 Å². The quantitative estimate of drug-likeness (QED) is 0.662. The van der Waals surface area contributed by atoms with Gasteiger partial charge in [-0.25, -0.2) is 0 Å². The zero-order valence-electron chi connectivity index (χ0n) is 13.4. The lowest BCUT2D eigenvalue weighted by atomic mass is 10.1. The molecule has 3 nitrogen and oxygen atoms in total. The van der Waals surface area contributed by atoms with Crippen molar-refractivity contribution in [2.75, 3.05) is 0 Å². The van der Waals surface area contributed by atoms with E-state index in [2.05, 4.69) is 31.0 Å². The van der Waals surface area contributed by atoms with Gasteiger partial charge < -0.3 is 10.1 Å². The van der Waals surface area contributed by atoms with E-state index >= 15 is 0 Å². The molecule has 118 valence electrons. The number of rotatable bonds is 4. The third kappa shape index (κ3) is 2.99. The van der Waals surface area contributed by atoms with Crippen molar-refractivity contribution >= 4 is 28.6 Å². The van der Waals surface area contributed by atoms with E-state index in [4.69, 9.17) is 0 Å². The van der Waals surface area contributed by atoms with E-state index in [-0.39, 0.29) is 0 Å². The van der Waals surface area contributed by atoms with E-state index in [1.54, 1.807) is 6.92 Å². The summed E-state index contributed by atoms with van der Waals surface area (Å²) >= 11 is 1.40. The molecule has 0 aliphatic rings. The van der Waals surface area contributed by atoms with Gasteiger partial charge in [0.1, 0.15) is 5.25 Å². The minimum Gasteiger partial charge on any atom is -0.480 e. The first-order chi connectivity index (χ1) is 11.0. The Kier molecular flexibility index (Phi) is 4.18. The van der Waals surface area contributed by atoms with Gasteiger partial charge in [0.15, 0.2) is 0 Å². The Morgan fingerprint density at radius 2 is 1.87 bits per heavy atom. The molecule has 0 aliphatic heterocycles. The van der Waals surface area contributed by atoms with E-state index in [1.165, 1.54) is 22.9 Å². The summed E-state index contributed by atoms with van der Waals surface area (Å²) in [7, 11) is 0. The first kappa shape index (κ1) is 15.7. The molecule has 3 aromatic rings. The predicted molar refractivity (Wildman–Crippen MR) is 96.2 cm³/mol. The number of H-pyrrole nitrogens is 1. The topological polar surface area (TPSA) is 53.1 Å². The van der Waals surface area contributed by atoms with Gasteiger partial charge in [-0.3, -0.25) is 4.79 Å². The van der Waals surface area contributed by atoms with Gasteiger partial charge >= 0.3 is 5.97 Å². The first-order valence-corrected chi connectivity index (χ1v) is 8.43. The van der Waals surface area contributed by atoms with Crippen LogP contribution in [0.3, 0.4) is 0 Å². The van der Waals surface area contributed by atoms with Crippen LogP contribution in [0.15, 0.2) is 47.4 Å². The maximum Gasteiger partial charge on any atom is 0.316 e. The van der Waals surface area contributed by atoms with Crippen molar-refractivity contribution in [3.63, 3.8) is 0 Å². The molecule has 0 fully saturated rings. The summed E-state index contributed by atoms with van der Waals surface area (Å²) in [6, 6.07) is 14.3. The maximum absolute atomic E-state index is 11.3. The van der Waals surface area contributed by atoms with Crippen molar-refractivity contribution in [3.8, 4) is 11.3 Å². The van der Waals surface area contributed by atoms with Crippen LogP contribution in [0.25, 0.3) is 22.2 Å². The van der Waals surface area contributed by atoms with Gasteiger partial charge in [-0.2, -0.15) is 0 Å². The molecule has 0 bridgehead atoms. The molecule has 0 saturated heterocycles. The van der Waals surface area contributed by atoms with Crippen LogP contribution < -0.4 is 0 Å². The molecule has 2 aromatic carbocycles. The molecule has 1 heterocycles. The highest BCUT2D eigenvalue weighted by Gasteiger charge is 2.20. The fourth-order valence-corrected chi connectivity index (χ4v) is 3.82. The summed E-state index contributed by atoms with van der Waals surface area (Å²) in [5, 5.41) is 9.89. The van der Waals surface area contributed by atoms with Gasteiger partial charge in [0, 0.05) is 15.8 Å². The Hall–Kier alpha value is -2.20. The normalized spacial score (nSPS) is 12.5. The molecule has 1 atom stereocenters. The number of thioether (sulfide) groups is 1. The van der Waals surface area contributed by atoms with Gasteiger partial charge in [0.25, 0.3) is 0 Å². The highest BCUT2D eigenvalue weighted by molar-refractivity contribution is 8.01. The fraction of sp³-hybridized carbons (Fsp3) is 0.211. The Balaban J connectivity index is 2.26. The van der Waals surface area contributed by atoms with E-state index in [0.717, 1.165) is 27.1 Å². The summed E-state index contributed by atoms with van der Waals surface area (Å²) in [4.78, 5) is 15.8. The highest BCUT2D eigenvalue weighted by Crippen LogP contribution is 2.40. The molecule has 3 rings (SSSR count). The zero-order valence-corrected chi connectivity index (χ0v) is 14.2. The van der Waals surface area contributed by atoms with Crippen LogP contribution in [0.5, 0.6) is 0 Å². The predicted octanol–water partition coefficient (Wildman–Crippen LogP) is 5.02. The van der Waals surface area contributed by atoms with Gasteiger partial charge in [0.2, 0.25) is 0 Å². The lowest BCUT2D eigenvalue weighted by Crippen LogP contribution is -2.11. The molecule has 0 saturated carbocycles. The van der Waals surface area contributed by atoms with E-state index in [0.29, 0.717) is 0 Å². The third-order valence-electron chi connectivity index (χ3n) is 3.91. The summed E-state index contributed by atoms with van der Waals surface area (Å²) in [5.74, 6) is -0.798. The molecule has 1 unspecified atom stereocenters. The monoisotopic (exact) mass is 325 g/mol. The molecular weight excluding hydrogens is 306 g/mol. The molecule has 0 spiro atoms. The average Bonchev–Trinajstić information content (AvgIpc) is 2.87. The number of fused-ring (bicyclic) bond motifs is 1. The van der Waals surface area contributed by atoms with Crippen LogP contribution in [0.2, 0.25) is 0 Å². The highest BCUT2D eigenvalue weighted by atomic mass is 32.2. The second-order valence-electron chi connectivity index (χ2n) is 5.80. The number of hydrogen-bond donors (Lipinski definition) is 2. The first-order valence-electron chi connectivity index (χ1n) is 7.55. The summed E-state index contributed by atoms with van der Waals surface area (Å²) in [5.41, 5.74) is 5.49. The van der Waals surface area contributed by atoms with Crippen LogP contribution in [0, 0.1) is 13.8 Å². The lowest BCUT2D eigenvalue weighted by Gasteiger charge is -2.08. The van der Waals surface area contributed by atoms with Crippen LogP contribution in [0.4, 0.5) is 0 Å². The summed E-state index contributed by atoms with van der Waals surface area (Å²) in [6.07, 6.45) is 0. The van der Waals surface area contributed by atoms with Crippen LogP contribution in [-0.2, 0) is 4.79 Å². The molecule has 4 heteroatoms. The number of benzene rings is 2. The number of carboxylic acids is 1. The molecule has 1 aromatic heterocycles. The molecule has 2 N–H and O–H groups in total. The Bertz CT molecular complexity index is 868. The Labute approximate surface area is 139 Å². The second-order valence-corrected chi connectivity index (χ2v) is 7.15. The standard InChI is InChI=1S/C19H19NO2S/c1-11-9-12(2)16-15(10-11)18(23-13(3)19(21)22)17(20-16)14-7-5-4-6-8-14/h4-10,13,20H,1-3H3,(H,21,22). The summed E-state index contributed by atoms with van der Waals surface area (Å²) in [6.45, 7) is 5.87. The molecule has 0 aliphatic carbocycles. The smallest absolute Gasteiger partial charge is 0.316 e. The fourth-order valence-electron chi connectivity index (χ4n) is 2.79. The van der Waals surface area contributed by atoms with Gasteiger partial charge in [-0.15, -0.1) is 11.8 Å². The zero-order chi connectivity index (χ0) is 16.6. The Morgan fingerprint density at radius 1 is 1.17 bits per heavy atom. The molecule has 0 amide bonds. The van der Waals surface area contributed by atoms with E-state index in [1.807, 2.05) is 30.3 Å². The maximum atomic E-state index is 11.3. The molecular formula is C19H19NO2S. The van der Waals surface area contributed by atoms with Crippen molar-refractivity contribution in [1.29, 1.82) is 0 Å². The van der Waals surface area contributed by atoms with Crippen molar-refractivity contribution in [2.45, 2.75) is 30.9 Å². The molecule has 23 heavy (non-hydrogen) atoms. The van der Waals surface area contributed by atoms with Crippen molar-refractivity contribution in [3.05, 3.63) is 53.6 Å². The van der Waals surface area contributed by atoms with Crippen molar-refractivity contribution < 1.29 is 9.90 Å². The number of nitrogens with one attached hydrogen (secondary N) is 1. The van der Waals surface area contributed by atoms with Crippen molar-refractivity contribution in [2.24, 2.45) is 0 Å². The Morgan fingerprint density at radius 3 is 2.52 bits per heavy atom. The number of hydrogen-bond acceptors (Lipinski definition) is 2. The number of aliphatic carboxylic acids is 1. The van der Waals surface area contributed by atoms with Gasteiger partial charge in [-0.1, -0.05) is 42.0 Å². The molecule has 0 radical (unpaired) electrons. The minimum absolute atomic E-state index is 0.503. The average molecular weight is 325 g/mol. The second kappa shape index (κ2) is 6.13. The third-order valence-corrected chi connectivity index (χ3v) is 5.12. The number of aryl methyl sites for hydroxylation is 2. The van der Waals surface area contributed by atoms with Gasteiger partial charge in [-0.05, 0) is 38.0 Å². The minimum atomic E-state index is -0.798. The lowest BCUT2D eigenvalue weighted by molar-refractivity contribution is -0.136. The SMILES string of the molecule is Cc1cc(C)c2[nH]c(-c3ccccc3)c(SC(C)C(=O)O)c2c1. The number of aromatic amines is 1. The van der Waals surface area contributed by atoms with Crippen LogP contribution >= 0.6 is 11.8 Å². The number of carbonyl (C=O) groups is 1. The van der Waals surface area contributed by atoms with E-state index < -0.39 is 11.2 Å². The van der Waals surface area contributed by atoms with Crippen LogP contribution in [-0.4, -0.2) is 21.3 Å². The number of aromatic nitrogens is 1. The number of carboxylic acid groups (broad SMARTS) is 1. The van der Waals surface area contributed by atoms with E-state index in [9.17, 15) is 9.90 Å². The summed E-state index contributed by atoms with van der Waals surface area (Å²) < 4.78 is 0. The van der Waals surface area contributed by atoms with Crippen molar-refractivity contribution in [1.82, 2.24) is 4.98 Å². The van der Waals surface area contributed by atoms with Gasteiger partial charge in [0.05, 0.1) is 5.69 Å².